The van der Waals surface area contributed by atoms with E-state index in [4.69, 9.17) is 9.47 Å². The molecule has 0 fully saturated rings. The highest BCUT2D eigenvalue weighted by Gasteiger charge is 2.42. The van der Waals surface area contributed by atoms with E-state index in [0.717, 1.165) is 25.7 Å². The maximum absolute atomic E-state index is 12.9. The van der Waals surface area contributed by atoms with E-state index < -0.39 is 12.3 Å². The summed E-state index contributed by atoms with van der Waals surface area (Å²) < 4.78 is 49.5. The van der Waals surface area contributed by atoms with Crippen LogP contribution in [0.25, 0.3) is 0 Å². The Balaban J connectivity index is 3.06. The molecule has 0 amide bonds. The van der Waals surface area contributed by atoms with Crippen molar-refractivity contribution in [1.82, 2.24) is 0 Å². The second-order valence-electron chi connectivity index (χ2n) is 5.02. The molecule has 0 saturated carbocycles. The zero-order valence-electron chi connectivity index (χ0n) is 12.9. The van der Waals surface area contributed by atoms with Crippen LogP contribution in [0.2, 0.25) is 0 Å². The minimum Gasteiger partial charge on any atom is -0.493 e. The van der Waals surface area contributed by atoms with Crippen molar-refractivity contribution >= 4 is 0 Å². The second-order valence-corrected chi connectivity index (χ2v) is 5.02. The number of rotatable bonds is 9. The van der Waals surface area contributed by atoms with Gasteiger partial charge >= 0.3 is 6.18 Å². The maximum Gasteiger partial charge on any atom is 0.418 e. The standard InChI is InChI=1S/C16H23F3O3/c1-3-5-10-21-12-8-7-9-13(22-11-6-4-2)14(12)15(20)16(17,18)19/h7-9,15,20H,3-6,10-11H2,1-2H3. The number of halogens is 3. The number of benzene rings is 1. The molecule has 0 aromatic heterocycles. The fraction of sp³-hybridized carbons (Fsp3) is 0.625. The lowest BCUT2D eigenvalue weighted by Gasteiger charge is -2.21. The molecule has 0 aliphatic carbocycles. The van der Waals surface area contributed by atoms with Gasteiger partial charge in [-0.3, -0.25) is 0 Å². The van der Waals surface area contributed by atoms with Crippen LogP contribution in [0.15, 0.2) is 18.2 Å². The molecule has 1 N–H and O–H groups in total. The van der Waals surface area contributed by atoms with Crippen molar-refractivity contribution in [1.29, 1.82) is 0 Å². The molecule has 0 bridgehead atoms. The molecule has 1 rings (SSSR count). The third-order valence-corrected chi connectivity index (χ3v) is 3.12. The van der Waals surface area contributed by atoms with Crippen LogP contribution in [0, 0.1) is 0 Å². The Hall–Kier alpha value is -1.43. The summed E-state index contributed by atoms with van der Waals surface area (Å²) in [6.07, 6.45) is -4.21. The number of hydrogen-bond acceptors (Lipinski definition) is 3. The van der Waals surface area contributed by atoms with Crippen LogP contribution < -0.4 is 9.47 Å². The number of unbranched alkanes of at least 4 members (excludes halogenated alkanes) is 2. The first kappa shape index (κ1) is 18.6. The Kier molecular flexibility index (Phi) is 7.51. The quantitative estimate of drug-likeness (QED) is 0.674. The van der Waals surface area contributed by atoms with Gasteiger partial charge in [0.05, 0.1) is 18.8 Å². The van der Waals surface area contributed by atoms with E-state index in [2.05, 4.69) is 0 Å². The van der Waals surface area contributed by atoms with Crippen molar-refractivity contribution in [2.75, 3.05) is 13.2 Å². The molecule has 0 radical (unpaired) electrons. The van der Waals surface area contributed by atoms with Crippen LogP contribution in [0.1, 0.15) is 51.2 Å². The predicted octanol–water partition coefficient (Wildman–Crippen LogP) is 4.64. The van der Waals surface area contributed by atoms with Gasteiger partial charge < -0.3 is 14.6 Å². The van der Waals surface area contributed by atoms with Gasteiger partial charge in [-0.1, -0.05) is 32.8 Å². The zero-order valence-corrected chi connectivity index (χ0v) is 12.9. The lowest BCUT2D eigenvalue weighted by molar-refractivity contribution is -0.207. The Bertz CT molecular complexity index is 419. The first-order valence-electron chi connectivity index (χ1n) is 7.55. The summed E-state index contributed by atoms with van der Waals surface area (Å²) in [6, 6.07) is 4.41. The smallest absolute Gasteiger partial charge is 0.418 e. The Morgan fingerprint density at radius 3 is 1.82 bits per heavy atom. The molecular formula is C16H23F3O3. The summed E-state index contributed by atoms with van der Waals surface area (Å²) in [5.74, 6) is 0.0412. The monoisotopic (exact) mass is 320 g/mol. The van der Waals surface area contributed by atoms with E-state index in [1.165, 1.54) is 12.1 Å². The molecule has 1 atom stereocenters. The van der Waals surface area contributed by atoms with Gasteiger partial charge in [0.1, 0.15) is 11.5 Å². The summed E-state index contributed by atoms with van der Waals surface area (Å²) >= 11 is 0. The summed E-state index contributed by atoms with van der Waals surface area (Å²) in [5, 5.41) is 9.65. The summed E-state index contributed by atoms with van der Waals surface area (Å²) in [4.78, 5) is 0. The molecule has 0 heterocycles. The number of hydrogen-bond donors (Lipinski definition) is 1. The fourth-order valence-corrected chi connectivity index (χ4v) is 1.86. The Morgan fingerprint density at radius 1 is 1.00 bits per heavy atom. The van der Waals surface area contributed by atoms with Crippen LogP contribution in [-0.2, 0) is 0 Å². The molecule has 1 aromatic rings. The molecule has 0 spiro atoms. The van der Waals surface area contributed by atoms with Crippen molar-refractivity contribution in [2.24, 2.45) is 0 Å². The van der Waals surface area contributed by atoms with Gasteiger partial charge in [0, 0.05) is 0 Å². The lowest BCUT2D eigenvalue weighted by atomic mass is 10.1. The van der Waals surface area contributed by atoms with Gasteiger partial charge in [-0.15, -0.1) is 0 Å². The van der Waals surface area contributed by atoms with Crippen LogP contribution >= 0.6 is 0 Å². The van der Waals surface area contributed by atoms with Crippen LogP contribution in [-0.4, -0.2) is 24.5 Å². The average Bonchev–Trinajstić information content (AvgIpc) is 2.46. The first-order chi connectivity index (χ1) is 10.4. The molecule has 0 aliphatic heterocycles. The highest BCUT2D eigenvalue weighted by Crippen LogP contribution is 2.42. The minimum atomic E-state index is -4.77. The summed E-state index contributed by atoms with van der Waals surface area (Å²) in [7, 11) is 0. The first-order valence-corrected chi connectivity index (χ1v) is 7.55. The van der Waals surface area contributed by atoms with Crippen molar-refractivity contribution < 1.29 is 27.8 Å². The molecule has 0 saturated heterocycles. The molecule has 126 valence electrons. The van der Waals surface area contributed by atoms with E-state index in [9.17, 15) is 18.3 Å². The highest BCUT2D eigenvalue weighted by molar-refractivity contribution is 5.47. The minimum absolute atomic E-state index is 0.0206. The normalized spacial score (nSPS) is 13.0. The Labute approximate surface area is 129 Å². The maximum atomic E-state index is 12.9. The van der Waals surface area contributed by atoms with Gasteiger partial charge in [0.2, 0.25) is 0 Å². The van der Waals surface area contributed by atoms with Crippen molar-refractivity contribution in [2.45, 2.75) is 51.8 Å². The van der Waals surface area contributed by atoms with E-state index in [1.54, 1.807) is 6.07 Å². The van der Waals surface area contributed by atoms with Gasteiger partial charge in [0.25, 0.3) is 0 Å². The van der Waals surface area contributed by atoms with Gasteiger partial charge in [-0.25, -0.2) is 0 Å². The molecule has 1 aromatic carbocycles. The van der Waals surface area contributed by atoms with E-state index in [0.29, 0.717) is 13.2 Å². The highest BCUT2D eigenvalue weighted by atomic mass is 19.4. The summed E-state index contributed by atoms with van der Waals surface area (Å²) in [6.45, 7) is 4.51. The van der Waals surface area contributed by atoms with Crippen molar-refractivity contribution in [3.05, 3.63) is 23.8 Å². The molecule has 3 nitrogen and oxygen atoms in total. The van der Waals surface area contributed by atoms with E-state index in [1.807, 2.05) is 13.8 Å². The topological polar surface area (TPSA) is 38.7 Å². The van der Waals surface area contributed by atoms with E-state index in [-0.39, 0.29) is 17.1 Å². The van der Waals surface area contributed by atoms with Crippen LogP contribution in [0.3, 0.4) is 0 Å². The third-order valence-electron chi connectivity index (χ3n) is 3.12. The van der Waals surface area contributed by atoms with Crippen LogP contribution in [0.5, 0.6) is 11.5 Å². The van der Waals surface area contributed by atoms with Gasteiger partial charge in [0.15, 0.2) is 6.10 Å². The third kappa shape index (κ3) is 5.40. The lowest BCUT2D eigenvalue weighted by Crippen LogP contribution is -2.22. The van der Waals surface area contributed by atoms with Crippen LogP contribution in [0.4, 0.5) is 13.2 Å². The number of alkyl halides is 3. The predicted molar refractivity (Wildman–Crippen MR) is 78.3 cm³/mol. The molecule has 1 unspecified atom stereocenters. The number of aliphatic hydroxyl groups is 1. The second kappa shape index (κ2) is 8.88. The molecular weight excluding hydrogens is 297 g/mol. The molecule has 6 heteroatoms. The summed E-state index contributed by atoms with van der Waals surface area (Å²) in [5.41, 5.74) is -0.345. The number of ether oxygens (including phenoxy) is 2. The number of aliphatic hydroxyl groups excluding tert-OH is 1. The largest absolute Gasteiger partial charge is 0.493 e. The van der Waals surface area contributed by atoms with Gasteiger partial charge in [-0.2, -0.15) is 13.2 Å². The SMILES string of the molecule is CCCCOc1cccc(OCCCC)c1C(O)C(F)(F)F. The molecule has 0 aliphatic rings. The van der Waals surface area contributed by atoms with Crippen molar-refractivity contribution in [3.63, 3.8) is 0 Å². The average molecular weight is 320 g/mol. The fourth-order valence-electron chi connectivity index (χ4n) is 1.86. The van der Waals surface area contributed by atoms with Crippen molar-refractivity contribution in [3.8, 4) is 11.5 Å². The zero-order chi connectivity index (χ0) is 16.6. The Morgan fingerprint density at radius 2 is 1.45 bits per heavy atom. The van der Waals surface area contributed by atoms with E-state index >= 15 is 0 Å². The molecule has 22 heavy (non-hydrogen) atoms. The van der Waals surface area contributed by atoms with Gasteiger partial charge in [-0.05, 0) is 25.0 Å².